The average molecular weight is 265 g/mol. The second kappa shape index (κ2) is 4.50. The third-order valence-corrected chi connectivity index (χ3v) is 2.31. The molecule has 0 aliphatic carbocycles. The third-order valence-electron chi connectivity index (χ3n) is 1.66. The highest BCUT2D eigenvalue weighted by Crippen LogP contribution is 2.17. The Hall–Kier alpha value is -0.970. The molecule has 0 heterocycles. The maximum Gasteiger partial charge on any atom is 0.307 e. The van der Waals surface area contributed by atoms with Crippen LogP contribution in [0.4, 0.5) is 8.78 Å². The Morgan fingerprint density at radius 2 is 2.07 bits per heavy atom. The monoisotopic (exact) mass is 264 g/mol. The highest BCUT2D eigenvalue weighted by molar-refractivity contribution is 9.08. The van der Waals surface area contributed by atoms with Gasteiger partial charge in [0.25, 0.3) is 0 Å². The predicted molar refractivity (Wildman–Crippen MR) is 50.3 cm³/mol. The van der Waals surface area contributed by atoms with Gasteiger partial charge in [0.15, 0.2) is 11.6 Å². The quantitative estimate of drug-likeness (QED) is 0.852. The molecular weight excluding hydrogens is 258 g/mol. The first kappa shape index (κ1) is 11.1. The first-order valence-corrected chi connectivity index (χ1v) is 4.91. The van der Waals surface area contributed by atoms with Crippen molar-refractivity contribution in [3.8, 4) is 0 Å². The van der Waals surface area contributed by atoms with E-state index in [0.717, 1.165) is 6.07 Å². The molecule has 0 amide bonds. The standard InChI is InChI=1S/C9H7BrF2O2/c10-4-5-1-6(3-8(13)14)9(12)7(11)2-5/h1-2H,3-4H2,(H,13,14). The zero-order chi connectivity index (χ0) is 10.7. The molecule has 1 aromatic carbocycles. The lowest BCUT2D eigenvalue weighted by molar-refractivity contribution is -0.136. The van der Waals surface area contributed by atoms with E-state index >= 15 is 0 Å². The summed E-state index contributed by atoms with van der Waals surface area (Å²) in [5.74, 6) is -3.29. The zero-order valence-electron chi connectivity index (χ0n) is 7.06. The lowest BCUT2D eigenvalue weighted by Gasteiger charge is -2.03. The van der Waals surface area contributed by atoms with Crippen LogP contribution in [-0.2, 0) is 16.5 Å². The van der Waals surface area contributed by atoms with Crippen molar-refractivity contribution in [2.24, 2.45) is 0 Å². The highest BCUT2D eigenvalue weighted by Gasteiger charge is 2.12. The van der Waals surface area contributed by atoms with Crippen molar-refractivity contribution < 1.29 is 18.7 Å². The molecule has 0 aromatic heterocycles. The van der Waals surface area contributed by atoms with Gasteiger partial charge in [-0.15, -0.1) is 0 Å². The Labute approximate surface area is 87.7 Å². The van der Waals surface area contributed by atoms with Gasteiger partial charge in [0.05, 0.1) is 6.42 Å². The molecule has 14 heavy (non-hydrogen) atoms. The van der Waals surface area contributed by atoms with E-state index in [-0.39, 0.29) is 5.56 Å². The van der Waals surface area contributed by atoms with E-state index in [0.29, 0.717) is 10.9 Å². The van der Waals surface area contributed by atoms with Crippen molar-refractivity contribution in [2.45, 2.75) is 11.8 Å². The summed E-state index contributed by atoms with van der Waals surface area (Å²) in [5, 5.41) is 8.80. The molecule has 5 heteroatoms. The minimum absolute atomic E-state index is 0.132. The number of hydrogen-bond donors (Lipinski definition) is 1. The molecule has 76 valence electrons. The summed E-state index contributed by atoms with van der Waals surface area (Å²) in [4.78, 5) is 10.3. The van der Waals surface area contributed by atoms with E-state index in [9.17, 15) is 13.6 Å². The summed E-state index contributed by atoms with van der Waals surface area (Å²) < 4.78 is 25.9. The molecule has 1 N–H and O–H groups in total. The van der Waals surface area contributed by atoms with Crippen LogP contribution < -0.4 is 0 Å². The number of carboxylic acid groups (broad SMARTS) is 1. The molecular formula is C9H7BrF2O2. The highest BCUT2D eigenvalue weighted by atomic mass is 79.9. The Bertz CT molecular complexity index is 366. The van der Waals surface area contributed by atoms with Crippen molar-refractivity contribution in [1.82, 2.24) is 0 Å². The summed E-state index contributed by atoms with van der Waals surface area (Å²) in [7, 11) is 0. The summed E-state index contributed by atoms with van der Waals surface area (Å²) >= 11 is 3.08. The van der Waals surface area contributed by atoms with Crippen molar-refractivity contribution in [3.63, 3.8) is 0 Å². The van der Waals surface area contributed by atoms with Gasteiger partial charge in [0.2, 0.25) is 0 Å². The van der Waals surface area contributed by atoms with Gasteiger partial charge in [-0.25, -0.2) is 8.78 Å². The number of benzene rings is 1. The topological polar surface area (TPSA) is 37.3 Å². The fraction of sp³-hybridized carbons (Fsp3) is 0.222. The minimum Gasteiger partial charge on any atom is -0.481 e. The number of carboxylic acids is 1. The molecule has 0 aliphatic heterocycles. The molecule has 1 rings (SSSR count). The molecule has 0 unspecified atom stereocenters. The van der Waals surface area contributed by atoms with E-state index in [1.807, 2.05) is 0 Å². The minimum atomic E-state index is -1.19. The SMILES string of the molecule is O=C(O)Cc1cc(CBr)cc(F)c1F. The van der Waals surface area contributed by atoms with Gasteiger partial charge in [-0.05, 0) is 11.6 Å². The van der Waals surface area contributed by atoms with Crippen LogP contribution in [0.25, 0.3) is 0 Å². The van der Waals surface area contributed by atoms with E-state index in [1.54, 1.807) is 0 Å². The lowest BCUT2D eigenvalue weighted by atomic mass is 10.1. The number of carbonyl (C=O) groups is 1. The summed E-state index contributed by atoms with van der Waals surface area (Å²) in [5.41, 5.74) is 0.382. The lowest BCUT2D eigenvalue weighted by Crippen LogP contribution is -2.05. The van der Waals surface area contributed by atoms with Crippen molar-refractivity contribution in [2.75, 3.05) is 0 Å². The number of alkyl halides is 1. The fourth-order valence-corrected chi connectivity index (χ4v) is 1.40. The van der Waals surface area contributed by atoms with Crippen LogP contribution in [0.1, 0.15) is 11.1 Å². The van der Waals surface area contributed by atoms with Crippen molar-refractivity contribution >= 4 is 21.9 Å². The van der Waals surface area contributed by atoms with Crippen LogP contribution >= 0.6 is 15.9 Å². The van der Waals surface area contributed by atoms with Gasteiger partial charge >= 0.3 is 5.97 Å². The van der Waals surface area contributed by atoms with E-state index in [2.05, 4.69) is 15.9 Å². The Balaban J connectivity index is 3.13. The second-order valence-electron chi connectivity index (χ2n) is 2.75. The summed E-state index contributed by atoms with van der Waals surface area (Å²) in [6.45, 7) is 0. The summed E-state index contributed by atoms with van der Waals surface area (Å²) in [6, 6.07) is 2.37. The molecule has 0 bridgehead atoms. The fourth-order valence-electron chi connectivity index (χ4n) is 1.08. The Morgan fingerprint density at radius 3 is 2.57 bits per heavy atom. The molecule has 0 radical (unpaired) electrons. The predicted octanol–water partition coefficient (Wildman–Crippen LogP) is 2.49. The molecule has 0 saturated heterocycles. The number of rotatable bonds is 3. The van der Waals surface area contributed by atoms with Crippen LogP contribution in [0.2, 0.25) is 0 Å². The van der Waals surface area contributed by atoms with Gasteiger partial charge in [0, 0.05) is 10.9 Å². The van der Waals surface area contributed by atoms with E-state index in [4.69, 9.17) is 5.11 Å². The first-order valence-electron chi connectivity index (χ1n) is 3.79. The van der Waals surface area contributed by atoms with Crippen LogP contribution in [0, 0.1) is 11.6 Å². The average Bonchev–Trinajstić information content (AvgIpc) is 2.11. The van der Waals surface area contributed by atoms with Crippen molar-refractivity contribution in [3.05, 3.63) is 34.9 Å². The van der Waals surface area contributed by atoms with Gasteiger partial charge in [0.1, 0.15) is 0 Å². The molecule has 2 nitrogen and oxygen atoms in total. The van der Waals surface area contributed by atoms with Crippen LogP contribution in [0.5, 0.6) is 0 Å². The largest absolute Gasteiger partial charge is 0.481 e. The van der Waals surface area contributed by atoms with Crippen molar-refractivity contribution in [1.29, 1.82) is 0 Å². The normalized spacial score (nSPS) is 10.2. The summed E-state index contributed by atoms with van der Waals surface area (Å²) in [6.07, 6.45) is -0.510. The van der Waals surface area contributed by atoms with Crippen LogP contribution in [-0.4, -0.2) is 11.1 Å². The number of halogens is 3. The van der Waals surface area contributed by atoms with Gasteiger partial charge in [-0.2, -0.15) is 0 Å². The zero-order valence-corrected chi connectivity index (χ0v) is 8.64. The molecule has 1 aromatic rings. The number of aliphatic carboxylic acids is 1. The van der Waals surface area contributed by atoms with Gasteiger partial charge in [-0.3, -0.25) is 4.79 Å². The Kier molecular flexibility index (Phi) is 3.57. The van der Waals surface area contributed by atoms with Gasteiger partial charge in [-0.1, -0.05) is 22.0 Å². The smallest absolute Gasteiger partial charge is 0.307 e. The molecule has 0 aliphatic rings. The van der Waals surface area contributed by atoms with E-state index < -0.39 is 24.0 Å². The maximum atomic E-state index is 13.0. The molecule has 0 atom stereocenters. The molecule has 0 spiro atoms. The Morgan fingerprint density at radius 1 is 1.43 bits per heavy atom. The first-order chi connectivity index (χ1) is 6.54. The van der Waals surface area contributed by atoms with E-state index in [1.165, 1.54) is 6.07 Å². The van der Waals surface area contributed by atoms with Crippen LogP contribution in [0.3, 0.4) is 0 Å². The maximum absolute atomic E-state index is 13.0. The third kappa shape index (κ3) is 2.51. The molecule has 0 saturated carbocycles. The molecule has 0 fully saturated rings. The second-order valence-corrected chi connectivity index (χ2v) is 3.32. The number of hydrogen-bond acceptors (Lipinski definition) is 1. The van der Waals surface area contributed by atoms with Gasteiger partial charge < -0.3 is 5.11 Å². The van der Waals surface area contributed by atoms with Crippen LogP contribution in [0.15, 0.2) is 12.1 Å².